The second-order valence-corrected chi connectivity index (χ2v) is 21.9. The van der Waals surface area contributed by atoms with Crippen LogP contribution in [0.2, 0.25) is 18.1 Å². The summed E-state index contributed by atoms with van der Waals surface area (Å²) in [6.45, 7) is 20.6. The fraction of sp³-hybridized carbons (Fsp3) is 0.812. The number of benzene rings is 1. The molecule has 238 valence electrons. The molecule has 1 aromatic carbocycles. The largest absolute Gasteiger partial charge is 0.414 e. The van der Waals surface area contributed by atoms with Crippen LogP contribution in [0, 0.1) is 36.0 Å². The molecule has 42 heavy (non-hydrogen) atoms. The van der Waals surface area contributed by atoms with Gasteiger partial charge in [0.25, 0.3) is 10.0 Å². The molecule has 0 radical (unpaired) electrons. The van der Waals surface area contributed by atoms with Gasteiger partial charge in [-0.3, -0.25) is 4.84 Å². The van der Waals surface area contributed by atoms with Crippen LogP contribution >= 0.6 is 0 Å². The highest BCUT2D eigenvalue weighted by atomic mass is 32.2. The van der Waals surface area contributed by atoms with Crippen LogP contribution in [0.1, 0.15) is 79.2 Å². The Labute approximate surface area is 255 Å². The number of ether oxygens (including phenoxy) is 1. The molecule has 2 N–H and O–H groups in total. The van der Waals surface area contributed by atoms with Gasteiger partial charge in [0.1, 0.15) is 6.23 Å². The Balaban J connectivity index is 1.33. The van der Waals surface area contributed by atoms with Crippen LogP contribution in [-0.4, -0.2) is 59.4 Å². The van der Waals surface area contributed by atoms with Crippen LogP contribution in [0.4, 0.5) is 0 Å². The Hall–Kier alpha value is -0.853. The fourth-order valence-electron chi connectivity index (χ4n) is 8.54. The number of rotatable bonds is 8. The summed E-state index contributed by atoms with van der Waals surface area (Å²) in [5.74, 6) is 1.35. The lowest BCUT2D eigenvalue weighted by Crippen LogP contribution is -2.51. The van der Waals surface area contributed by atoms with E-state index in [0.717, 1.165) is 5.56 Å². The Kier molecular flexibility index (Phi) is 8.91. The van der Waals surface area contributed by atoms with Crippen LogP contribution < -0.4 is 10.3 Å². The molecule has 2 aliphatic heterocycles. The van der Waals surface area contributed by atoms with Gasteiger partial charge in [0.15, 0.2) is 8.32 Å². The third kappa shape index (κ3) is 5.80. The minimum absolute atomic E-state index is 0.00537. The quantitative estimate of drug-likeness (QED) is 0.272. The molecule has 2 saturated heterocycles. The number of likely N-dealkylation sites (N-methyl/N-ethyl adjacent to an activating group) is 1. The van der Waals surface area contributed by atoms with E-state index in [0.29, 0.717) is 17.9 Å². The van der Waals surface area contributed by atoms with Gasteiger partial charge >= 0.3 is 0 Å². The van der Waals surface area contributed by atoms with E-state index in [1.165, 1.54) is 32.1 Å². The average Bonchev–Trinajstić information content (AvgIpc) is 3.54. The molecule has 5 rings (SSSR count). The molecule has 2 heterocycles. The summed E-state index contributed by atoms with van der Waals surface area (Å²) in [7, 11) is -3.62. The van der Waals surface area contributed by atoms with Gasteiger partial charge in [0.05, 0.1) is 23.1 Å². The lowest BCUT2D eigenvalue weighted by atomic mass is 9.61. The normalized spacial score (nSPS) is 38.4. The zero-order chi connectivity index (χ0) is 30.8. The van der Waals surface area contributed by atoms with Crippen LogP contribution in [0.25, 0.3) is 0 Å². The molecule has 8 nitrogen and oxygen atoms in total. The van der Waals surface area contributed by atoms with Gasteiger partial charge in [-0.05, 0) is 93.0 Å². The van der Waals surface area contributed by atoms with Crippen molar-refractivity contribution in [2.24, 2.45) is 29.1 Å². The third-order valence-electron chi connectivity index (χ3n) is 11.9. The molecule has 10 heteroatoms. The molecule has 1 aromatic rings. The number of hydrogen-bond donors (Lipinski definition) is 2. The first-order chi connectivity index (χ1) is 19.5. The van der Waals surface area contributed by atoms with E-state index in [4.69, 9.17) is 14.0 Å². The zero-order valence-corrected chi connectivity index (χ0v) is 29.3. The first kappa shape index (κ1) is 32.5. The van der Waals surface area contributed by atoms with E-state index in [9.17, 15) is 8.42 Å². The fourth-order valence-corrected chi connectivity index (χ4v) is 10.8. The summed E-state index contributed by atoms with van der Waals surface area (Å²) in [5.41, 5.74) is 4.28. The lowest BCUT2D eigenvalue weighted by molar-refractivity contribution is -0.180. The van der Waals surface area contributed by atoms with Crippen molar-refractivity contribution in [1.82, 2.24) is 15.3 Å². The van der Waals surface area contributed by atoms with Crippen molar-refractivity contribution < 1.29 is 22.4 Å². The molecule has 1 unspecified atom stereocenters. The first-order valence-corrected chi connectivity index (χ1v) is 20.4. The molecule has 0 aromatic heterocycles. The van der Waals surface area contributed by atoms with Crippen molar-refractivity contribution in [3.8, 4) is 0 Å². The molecule has 0 amide bonds. The highest BCUT2D eigenvalue weighted by molar-refractivity contribution is 7.89. The summed E-state index contributed by atoms with van der Waals surface area (Å²) in [6, 6.07) is 6.90. The summed E-state index contributed by atoms with van der Waals surface area (Å²) >= 11 is 0. The SMILES string of the molecule is Cc1ccc(S(=O)(=O)NNC2O[C@H]([C@@H](C)[C@H]3CC[C@H]4[C@@H](O[Si](C)(C)C(C)(C)C)CCC[C@]34C)[C@@H]3[C@H]2[C@@H](C)ON3C)cc1. The molecular formula is C32H55N3O5SSi. The maximum Gasteiger partial charge on any atom is 0.253 e. The number of aryl methyl sites for hydroxylation is 1. The second-order valence-electron chi connectivity index (χ2n) is 15.5. The average molecular weight is 622 g/mol. The van der Waals surface area contributed by atoms with Crippen molar-refractivity contribution >= 4 is 18.3 Å². The third-order valence-corrected chi connectivity index (χ3v) is 17.7. The molecule has 0 bridgehead atoms. The molecule has 4 fully saturated rings. The maximum absolute atomic E-state index is 13.1. The zero-order valence-electron chi connectivity index (χ0n) is 27.4. The van der Waals surface area contributed by atoms with Crippen molar-refractivity contribution in [3.63, 3.8) is 0 Å². The molecule has 0 spiro atoms. The number of hydrogen-bond acceptors (Lipinski definition) is 7. The summed E-state index contributed by atoms with van der Waals surface area (Å²) in [6.07, 6.45) is 5.65. The number of hydrazine groups is 1. The van der Waals surface area contributed by atoms with Gasteiger partial charge in [0.2, 0.25) is 0 Å². The monoisotopic (exact) mass is 621 g/mol. The van der Waals surface area contributed by atoms with Crippen molar-refractivity contribution in [1.29, 1.82) is 0 Å². The lowest BCUT2D eigenvalue weighted by Gasteiger charge is -2.50. The molecule has 2 aliphatic carbocycles. The predicted octanol–water partition coefficient (Wildman–Crippen LogP) is 6.00. The van der Waals surface area contributed by atoms with Gasteiger partial charge in [-0.1, -0.05) is 58.7 Å². The highest BCUT2D eigenvalue weighted by Gasteiger charge is 2.61. The molecule has 4 aliphatic rings. The van der Waals surface area contributed by atoms with Gasteiger partial charge in [-0.15, -0.1) is 4.83 Å². The standard InChI is InChI=1S/C32H55N3O5SSi/c1-20-13-15-23(16-14-20)41(36,37)34-33-30-27-22(3)39-35(8)28(27)29(38-30)21(2)24-17-18-25-26(12-11-19-32(24,25)7)40-42(9,10)31(4,5)6/h13-16,21-22,24-30,33-34H,11-12,17-19H2,1-10H3/t21-,22+,24+,25-,26-,27+,28-,29+,30?,32+/m0/s1. The summed E-state index contributed by atoms with van der Waals surface area (Å²) in [5, 5.41) is 2.16. The van der Waals surface area contributed by atoms with Gasteiger partial charge in [-0.25, -0.2) is 13.8 Å². The number of nitrogens with one attached hydrogen (secondary N) is 2. The topological polar surface area (TPSA) is 89.1 Å². The van der Waals surface area contributed by atoms with Crippen LogP contribution in [0.15, 0.2) is 29.2 Å². The Morgan fingerprint density at radius 1 is 1.14 bits per heavy atom. The number of sulfonamides is 1. The van der Waals surface area contributed by atoms with E-state index in [1.54, 1.807) is 24.3 Å². The van der Waals surface area contributed by atoms with Crippen molar-refractivity contribution in [2.45, 2.75) is 134 Å². The van der Waals surface area contributed by atoms with Gasteiger partial charge in [-0.2, -0.15) is 5.06 Å². The Morgan fingerprint density at radius 2 is 1.81 bits per heavy atom. The smallest absolute Gasteiger partial charge is 0.253 e. The maximum atomic E-state index is 13.1. The predicted molar refractivity (Wildman–Crippen MR) is 168 cm³/mol. The Bertz CT molecular complexity index is 1220. The number of hydroxylamine groups is 2. The second kappa shape index (κ2) is 11.5. The van der Waals surface area contributed by atoms with Crippen molar-refractivity contribution in [2.75, 3.05) is 7.05 Å². The van der Waals surface area contributed by atoms with E-state index in [2.05, 4.69) is 64.9 Å². The van der Waals surface area contributed by atoms with E-state index in [-0.39, 0.29) is 45.4 Å². The summed E-state index contributed by atoms with van der Waals surface area (Å²) < 4.78 is 40.0. The molecule has 2 saturated carbocycles. The van der Waals surface area contributed by atoms with Gasteiger partial charge in [0, 0.05) is 19.1 Å². The van der Waals surface area contributed by atoms with E-state index < -0.39 is 24.6 Å². The van der Waals surface area contributed by atoms with Crippen LogP contribution in [0.3, 0.4) is 0 Å². The number of nitrogens with zero attached hydrogens (tertiary/aromatic N) is 1. The van der Waals surface area contributed by atoms with Crippen LogP contribution in [-0.2, 0) is 24.0 Å². The minimum Gasteiger partial charge on any atom is -0.414 e. The van der Waals surface area contributed by atoms with Crippen molar-refractivity contribution in [3.05, 3.63) is 29.8 Å². The van der Waals surface area contributed by atoms with E-state index in [1.807, 2.05) is 19.0 Å². The Morgan fingerprint density at radius 3 is 2.45 bits per heavy atom. The molecular weight excluding hydrogens is 567 g/mol. The minimum atomic E-state index is -3.74. The summed E-state index contributed by atoms with van der Waals surface area (Å²) in [4.78, 5) is 9.03. The van der Waals surface area contributed by atoms with Crippen LogP contribution in [0.5, 0.6) is 0 Å². The highest BCUT2D eigenvalue weighted by Crippen LogP contribution is 2.60. The number of fused-ring (bicyclic) bond motifs is 2. The van der Waals surface area contributed by atoms with E-state index >= 15 is 0 Å². The molecule has 10 atom stereocenters. The van der Waals surface area contributed by atoms with Gasteiger partial charge < -0.3 is 9.16 Å². The first-order valence-electron chi connectivity index (χ1n) is 16.0.